The second kappa shape index (κ2) is 9.07. The summed E-state index contributed by atoms with van der Waals surface area (Å²) in [6.07, 6.45) is 6.84. The molecule has 1 aliphatic heterocycles. The summed E-state index contributed by atoms with van der Waals surface area (Å²) >= 11 is 1.84. The average Bonchev–Trinajstić information content (AvgIpc) is 2.42. The van der Waals surface area contributed by atoms with E-state index in [1.165, 1.54) is 12.2 Å². The predicted molar refractivity (Wildman–Crippen MR) is 77.6 cm³/mol. The van der Waals surface area contributed by atoms with Gasteiger partial charge in [0.25, 0.3) is 0 Å². The molecule has 0 saturated carbocycles. The maximum Gasteiger partial charge on any atom is 0.317 e. The molecule has 1 saturated heterocycles. The lowest BCUT2D eigenvalue weighted by atomic mass is 9.99. The number of unbranched alkanes of at least 4 members (excludes halogenated alkanes) is 2. The van der Waals surface area contributed by atoms with Gasteiger partial charge < -0.3 is 15.3 Å². The number of carboxylic acid groups (broad SMARTS) is 1. The number of urea groups is 1. The minimum Gasteiger partial charge on any atom is -0.481 e. The van der Waals surface area contributed by atoms with E-state index in [-0.39, 0.29) is 6.03 Å². The molecule has 0 aromatic heterocycles. The molecule has 0 bridgehead atoms. The van der Waals surface area contributed by atoms with Crippen molar-refractivity contribution < 1.29 is 14.7 Å². The van der Waals surface area contributed by atoms with E-state index in [2.05, 4.69) is 11.6 Å². The fraction of sp³-hybridized carbons (Fsp3) is 0.846. The molecule has 0 spiro atoms. The molecule has 1 fully saturated rings. The fourth-order valence-electron chi connectivity index (χ4n) is 2.22. The summed E-state index contributed by atoms with van der Waals surface area (Å²) in [5.74, 6) is -0.0315. The highest BCUT2D eigenvalue weighted by Gasteiger charge is 2.27. The van der Waals surface area contributed by atoms with Gasteiger partial charge in [0.2, 0.25) is 0 Å². The highest BCUT2D eigenvalue weighted by atomic mass is 32.2. The summed E-state index contributed by atoms with van der Waals surface area (Å²) in [5.41, 5.74) is 0. The van der Waals surface area contributed by atoms with Crippen LogP contribution in [0.3, 0.4) is 0 Å². The number of carboxylic acids is 1. The number of hydrogen-bond donors (Lipinski definition) is 2. The number of amides is 2. The lowest BCUT2D eigenvalue weighted by Gasteiger charge is -2.30. The van der Waals surface area contributed by atoms with Crippen LogP contribution >= 0.6 is 11.8 Å². The van der Waals surface area contributed by atoms with Gasteiger partial charge in [0.05, 0.1) is 5.92 Å². The Morgan fingerprint density at radius 1 is 1.37 bits per heavy atom. The summed E-state index contributed by atoms with van der Waals surface area (Å²) in [6.45, 7) is 1.69. The minimum atomic E-state index is -0.797. The third kappa shape index (κ3) is 6.18. The van der Waals surface area contributed by atoms with Crippen molar-refractivity contribution in [2.24, 2.45) is 5.92 Å². The summed E-state index contributed by atoms with van der Waals surface area (Å²) < 4.78 is 0. The van der Waals surface area contributed by atoms with Crippen LogP contribution in [-0.2, 0) is 4.79 Å². The average molecular weight is 288 g/mol. The first kappa shape index (κ1) is 16.1. The zero-order valence-corrected chi connectivity index (χ0v) is 12.4. The number of aliphatic carboxylic acids is 1. The van der Waals surface area contributed by atoms with E-state index < -0.39 is 11.9 Å². The van der Waals surface area contributed by atoms with Crippen LogP contribution in [0.4, 0.5) is 4.79 Å². The number of thioether (sulfide) groups is 1. The van der Waals surface area contributed by atoms with Gasteiger partial charge >= 0.3 is 12.0 Å². The highest BCUT2D eigenvalue weighted by molar-refractivity contribution is 7.98. The van der Waals surface area contributed by atoms with Crippen LogP contribution in [0.25, 0.3) is 0 Å². The van der Waals surface area contributed by atoms with Crippen molar-refractivity contribution >= 4 is 23.8 Å². The maximum absolute atomic E-state index is 11.9. The second-order valence-electron chi connectivity index (χ2n) is 4.91. The van der Waals surface area contributed by atoms with Gasteiger partial charge in [0.1, 0.15) is 0 Å². The molecule has 110 valence electrons. The number of carbonyl (C=O) groups is 2. The smallest absolute Gasteiger partial charge is 0.317 e. The number of likely N-dealkylation sites (tertiary alicyclic amines) is 1. The summed E-state index contributed by atoms with van der Waals surface area (Å²) in [5, 5.41) is 11.9. The second-order valence-corrected chi connectivity index (χ2v) is 5.89. The molecule has 1 aliphatic rings. The van der Waals surface area contributed by atoms with Crippen molar-refractivity contribution in [3.05, 3.63) is 0 Å². The van der Waals surface area contributed by atoms with Crippen LogP contribution < -0.4 is 5.32 Å². The van der Waals surface area contributed by atoms with E-state index in [1.54, 1.807) is 4.90 Å². The Balaban J connectivity index is 2.16. The summed E-state index contributed by atoms with van der Waals surface area (Å²) in [6, 6.07) is -0.115. The number of piperidine rings is 1. The normalized spacial score (nSPS) is 19.2. The quantitative estimate of drug-likeness (QED) is 0.703. The van der Waals surface area contributed by atoms with Crippen LogP contribution in [0.2, 0.25) is 0 Å². The molecule has 6 heteroatoms. The summed E-state index contributed by atoms with van der Waals surface area (Å²) in [4.78, 5) is 24.4. The summed E-state index contributed by atoms with van der Waals surface area (Å²) in [7, 11) is 0. The number of carbonyl (C=O) groups excluding carboxylic acids is 1. The minimum absolute atomic E-state index is 0.115. The molecule has 5 nitrogen and oxygen atoms in total. The first-order chi connectivity index (χ1) is 9.15. The first-order valence-corrected chi connectivity index (χ1v) is 8.29. The zero-order valence-electron chi connectivity index (χ0n) is 11.6. The molecule has 0 aliphatic carbocycles. The molecule has 1 unspecified atom stereocenters. The predicted octanol–water partition coefficient (Wildman–Crippen LogP) is 2.03. The van der Waals surface area contributed by atoms with E-state index in [4.69, 9.17) is 5.11 Å². The SMILES string of the molecule is CSCCCCCNC(=O)N1CCCC(C(=O)O)C1. The van der Waals surface area contributed by atoms with Gasteiger partial charge in [-0.3, -0.25) is 4.79 Å². The Morgan fingerprint density at radius 3 is 2.84 bits per heavy atom. The van der Waals surface area contributed by atoms with Gasteiger partial charge in [-0.15, -0.1) is 0 Å². The highest BCUT2D eigenvalue weighted by Crippen LogP contribution is 2.16. The van der Waals surface area contributed by atoms with E-state index in [0.29, 0.717) is 26.1 Å². The molecule has 1 atom stereocenters. The van der Waals surface area contributed by atoms with E-state index >= 15 is 0 Å². The monoisotopic (exact) mass is 288 g/mol. The van der Waals surface area contributed by atoms with Crippen LogP contribution in [0, 0.1) is 5.92 Å². The third-order valence-corrected chi connectivity index (χ3v) is 4.06. The van der Waals surface area contributed by atoms with Crippen molar-refractivity contribution in [1.29, 1.82) is 0 Å². The Morgan fingerprint density at radius 2 is 2.16 bits per heavy atom. The Bertz CT molecular complexity index is 300. The molecular formula is C13H24N2O3S. The van der Waals surface area contributed by atoms with Gasteiger partial charge in [0.15, 0.2) is 0 Å². The topological polar surface area (TPSA) is 69.6 Å². The number of hydrogen-bond acceptors (Lipinski definition) is 3. The Hall–Kier alpha value is -0.910. The third-order valence-electron chi connectivity index (χ3n) is 3.36. The van der Waals surface area contributed by atoms with Crippen molar-refractivity contribution in [3.8, 4) is 0 Å². The van der Waals surface area contributed by atoms with E-state index in [0.717, 1.165) is 19.3 Å². The standard InChI is InChI=1S/C13H24N2O3S/c1-19-9-4-2-3-7-14-13(18)15-8-5-6-11(10-15)12(16)17/h11H,2-10H2,1H3,(H,14,18)(H,16,17). The lowest BCUT2D eigenvalue weighted by Crippen LogP contribution is -2.47. The van der Waals surface area contributed by atoms with Crippen molar-refractivity contribution in [2.75, 3.05) is 31.6 Å². The molecule has 2 amide bonds. The van der Waals surface area contributed by atoms with Crippen molar-refractivity contribution in [3.63, 3.8) is 0 Å². The van der Waals surface area contributed by atoms with Crippen molar-refractivity contribution in [2.45, 2.75) is 32.1 Å². The lowest BCUT2D eigenvalue weighted by molar-refractivity contribution is -0.143. The van der Waals surface area contributed by atoms with E-state index in [9.17, 15) is 9.59 Å². The van der Waals surface area contributed by atoms with Crippen LogP contribution in [0.15, 0.2) is 0 Å². The maximum atomic E-state index is 11.9. The molecule has 2 N–H and O–H groups in total. The first-order valence-electron chi connectivity index (χ1n) is 6.89. The molecule has 1 heterocycles. The molecule has 1 rings (SSSR count). The van der Waals surface area contributed by atoms with Crippen LogP contribution in [0.1, 0.15) is 32.1 Å². The van der Waals surface area contributed by atoms with Crippen LogP contribution in [0.5, 0.6) is 0 Å². The largest absolute Gasteiger partial charge is 0.481 e. The van der Waals surface area contributed by atoms with Gasteiger partial charge in [-0.25, -0.2) is 4.79 Å². The van der Waals surface area contributed by atoms with Crippen LogP contribution in [-0.4, -0.2) is 53.6 Å². The molecular weight excluding hydrogens is 264 g/mol. The van der Waals surface area contributed by atoms with Gasteiger partial charge in [-0.05, 0) is 37.7 Å². The molecule has 0 aromatic carbocycles. The molecule has 0 aromatic rings. The Labute approximate surface area is 119 Å². The van der Waals surface area contributed by atoms with Gasteiger partial charge in [-0.2, -0.15) is 11.8 Å². The fourth-order valence-corrected chi connectivity index (χ4v) is 2.71. The number of nitrogens with one attached hydrogen (secondary N) is 1. The number of rotatable bonds is 7. The molecule has 19 heavy (non-hydrogen) atoms. The molecule has 0 radical (unpaired) electrons. The Kier molecular flexibility index (Phi) is 7.70. The van der Waals surface area contributed by atoms with Crippen molar-refractivity contribution in [1.82, 2.24) is 10.2 Å². The number of nitrogens with zero attached hydrogens (tertiary/aromatic N) is 1. The zero-order chi connectivity index (χ0) is 14.1. The van der Waals surface area contributed by atoms with Gasteiger partial charge in [0, 0.05) is 19.6 Å². The van der Waals surface area contributed by atoms with Gasteiger partial charge in [-0.1, -0.05) is 6.42 Å². The van der Waals surface area contributed by atoms with E-state index in [1.807, 2.05) is 11.8 Å².